The van der Waals surface area contributed by atoms with Crippen molar-refractivity contribution in [3.63, 3.8) is 0 Å². The maximum absolute atomic E-state index is 12.7. The molecule has 0 aliphatic heterocycles. The van der Waals surface area contributed by atoms with Gasteiger partial charge in [0.1, 0.15) is 12.3 Å². The van der Waals surface area contributed by atoms with Crippen LogP contribution in [-0.2, 0) is 5.92 Å². The van der Waals surface area contributed by atoms with Crippen molar-refractivity contribution in [2.24, 2.45) is 0 Å². The Morgan fingerprint density at radius 3 is 2.50 bits per heavy atom. The van der Waals surface area contributed by atoms with E-state index >= 15 is 0 Å². The highest BCUT2D eigenvalue weighted by Crippen LogP contribution is 2.24. The summed E-state index contributed by atoms with van der Waals surface area (Å²) in [6.45, 7) is 0.401. The summed E-state index contributed by atoms with van der Waals surface area (Å²) in [6.07, 6.45) is 2.20. The number of aliphatic hydroxyl groups is 1. The first-order chi connectivity index (χ1) is 5.56. The predicted octanol–water partition coefficient (Wildman–Crippen LogP) is 0.869. The van der Waals surface area contributed by atoms with Crippen molar-refractivity contribution in [1.82, 2.24) is 9.97 Å². The van der Waals surface area contributed by atoms with Crippen molar-refractivity contribution in [3.8, 4) is 0 Å². The number of aliphatic hydroxyl groups excluding tert-OH is 1. The maximum Gasteiger partial charge on any atom is 0.313 e. The highest BCUT2D eigenvalue weighted by molar-refractivity contribution is 5.06. The van der Waals surface area contributed by atoms with Crippen molar-refractivity contribution < 1.29 is 13.9 Å². The Labute approximate surface area is 68.1 Å². The lowest BCUT2D eigenvalue weighted by Crippen LogP contribution is -2.20. The van der Waals surface area contributed by atoms with E-state index in [0.717, 1.165) is 6.20 Å². The molecule has 1 N–H and O–H groups in total. The molecule has 0 radical (unpaired) electrons. The Bertz CT molecular complexity index is 261. The van der Waals surface area contributed by atoms with Crippen molar-refractivity contribution in [2.45, 2.75) is 12.8 Å². The molecular weight excluding hydrogens is 166 g/mol. The first-order valence-electron chi connectivity index (χ1n) is 3.34. The molecule has 0 aromatic carbocycles. The van der Waals surface area contributed by atoms with Gasteiger partial charge in [0.15, 0.2) is 0 Å². The van der Waals surface area contributed by atoms with E-state index in [4.69, 9.17) is 5.11 Å². The Morgan fingerprint density at radius 2 is 2.08 bits per heavy atom. The lowest BCUT2D eigenvalue weighted by atomic mass is 10.2. The molecule has 0 unspecified atom stereocenters. The molecule has 0 aliphatic carbocycles. The van der Waals surface area contributed by atoms with Crippen LogP contribution in [0.4, 0.5) is 8.78 Å². The zero-order valence-corrected chi connectivity index (χ0v) is 6.46. The molecule has 5 heteroatoms. The summed E-state index contributed by atoms with van der Waals surface area (Å²) >= 11 is 0. The summed E-state index contributed by atoms with van der Waals surface area (Å²) in [5, 5.41) is 8.30. The van der Waals surface area contributed by atoms with E-state index in [-0.39, 0.29) is 0 Å². The largest absolute Gasteiger partial charge is 0.390 e. The van der Waals surface area contributed by atoms with E-state index in [1.807, 2.05) is 0 Å². The zero-order valence-electron chi connectivity index (χ0n) is 6.46. The molecule has 66 valence electrons. The molecule has 1 heterocycles. The molecule has 0 saturated heterocycles. The molecular formula is C7H8F2N2O. The number of hydrogen-bond acceptors (Lipinski definition) is 3. The van der Waals surface area contributed by atoms with E-state index < -0.39 is 18.2 Å². The lowest BCUT2D eigenvalue weighted by Gasteiger charge is -2.11. The third-order valence-corrected chi connectivity index (χ3v) is 1.35. The summed E-state index contributed by atoms with van der Waals surface area (Å²) < 4.78 is 25.3. The van der Waals surface area contributed by atoms with Gasteiger partial charge in [0.2, 0.25) is 0 Å². The van der Waals surface area contributed by atoms with Gasteiger partial charge in [0.05, 0.1) is 11.9 Å². The Hall–Kier alpha value is -1.10. The maximum atomic E-state index is 12.7. The predicted molar refractivity (Wildman–Crippen MR) is 37.7 cm³/mol. The molecule has 1 aromatic rings. The van der Waals surface area contributed by atoms with Gasteiger partial charge in [0, 0.05) is 6.20 Å². The molecule has 0 aliphatic rings. The molecule has 0 amide bonds. The van der Waals surface area contributed by atoms with Gasteiger partial charge in [-0.15, -0.1) is 0 Å². The van der Waals surface area contributed by atoms with Crippen LogP contribution in [0.2, 0.25) is 0 Å². The molecule has 0 bridgehead atoms. The fraction of sp³-hybridized carbons (Fsp3) is 0.429. The number of aryl methyl sites for hydroxylation is 1. The van der Waals surface area contributed by atoms with E-state index in [2.05, 4.69) is 9.97 Å². The van der Waals surface area contributed by atoms with Gasteiger partial charge >= 0.3 is 5.92 Å². The number of hydrogen-bond donors (Lipinski definition) is 1. The third kappa shape index (κ3) is 1.73. The number of alkyl halides is 2. The second-order valence-electron chi connectivity index (χ2n) is 2.41. The van der Waals surface area contributed by atoms with Crippen LogP contribution in [0.3, 0.4) is 0 Å². The Kier molecular flexibility index (Phi) is 2.32. The van der Waals surface area contributed by atoms with Gasteiger partial charge in [-0.2, -0.15) is 8.78 Å². The van der Waals surface area contributed by atoms with Crippen LogP contribution < -0.4 is 0 Å². The first-order valence-corrected chi connectivity index (χ1v) is 3.34. The van der Waals surface area contributed by atoms with Gasteiger partial charge in [-0.1, -0.05) is 0 Å². The topological polar surface area (TPSA) is 46.0 Å². The van der Waals surface area contributed by atoms with Gasteiger partial charge in [-0.25, -0.2) is 0 Å². The summed E-state index contributed by atoms with van der Waals surface area (Å²) in [5.41, 5.74) is 0.0584. The number of nitrogens with zero attached hydrogens (tertiary/aromatic N) is 2. The minimum atomic E-state index is -3.29. The number of halogens is 2. The van der Waals surface area contributed by atoms with Crippen LogP contribution >= 0.6 is 0 Å². The standard InChI is InChI=1S/C7H8F2N2O/c1-5-2-11-6(3-10-5)7(8,9)4-12/h2-3,12H,4H2,1H3. The lowest BCUT2D eigenvalue weighted by molar-refractivity contribution is -0.0595. The SMILES string of the molecule is Cc1cnc(C(F)(F)CO)cn1. The van der Waals surface area contributed by atoms with E-state index in [0.29, 0.717) is 5.69 Å². The summed E-state index contributed by atoms with van der Waals surface area (Å²) in [6, 6.07) is 0. The highest BCUT2D eigenvalue weighted by atomic mass is 19.3. The van der Waals surface area contributed by atoms with Gasteiger partial charge in [0.25, 0.3) is 0 Å². The summed E-state index contributed by atoms with van der Waals surface area (Å²) in [4.78, 5) is 7.09. The quantitative estimate of drug-likeness (QED) is 0.723. The highest BCUT2D eigenvalue weighted by Gasteiger charge is 2.32. The number of aromatic nitrogens is 2. The molecule has 1 aromatic heterocycles. The van der Waals surface area contributed by atoms with Crippen LogP contribution in [-0.4, -0.2) is 21.7 Å². The minimum absolute atomic E-state index is 0.504. The fourth-order valence-electron chi connectivity index (χ4n) is 0.662. The third-order valence-electron chi connectivity index (χ3n) is 1.35. The zero-order chi connectivity index (χ0) is 9.19. The van der Waals surface area contributed by atoms with Crippen molar-refractivity contribution in [2.75, 3.05) is 6.61 Å². The van der Waals surface area contributed by atoms with Crippen molar-refractivity contribution in [3.05, 3.63) is 23.8 Å². The fourth-order valence-corrected chi connectivity index (χ4v) is 0.662. The smallest absolute Gasteiger partial charge is 0.313 e. The summed E-state index contributed by atoms with van der Waals surface area (Å²) in [5.74, 6) is -3.29. The molecule has 1 rings (SSSR count). The molecule has 3 nitrogen and oxygen atoms in total. The normalized spacial score (nSPS) is 11.7. The van der Waals surface area contributed by atoms with Crippen molar-refractivity contribution in [1.29, 1.82) is 0 Å². The second kappa shape index (κ2) is 3.10. The summed E-state index contributed by atoms with van der Waals surface area (Å²) in [7, 11) is 0. The van der Waals surface area contributed by atoms with E-state index in [1.54, 1.807) is 6.92 Å². The first kappa shape index (κ1) is 8.99. The van der Waals surface area contributed by atoms with E-state index in [1.165, 1.54) is 6.20 Å². The molecule has 0 spiro atoms. The van der Waals surface area contributed by atoms with Gasteiger partial charge in [-0.05, 0) is 6.92 Å². The van der Waals surface area contributed by atoms with Crippen LogP contribution in [0.1, 0.15) is 11.4 Å². The average Bonchev–Trinajstić information content (AvgIpc) is 2.05. The van der Waals surface area contributed by atoms with Crippen LogP contribution in [0.25, 0.3) is 0 Å². The second-order valence-corrected chi connectivity index (χ2v) is 2.41. The van der Waals surface area contributed by atoms with Crippen LogP contribution in [0.15, 0.2) is 12.4 Å². The Balaban J connectivity index is 2.96. The minimum Gasteiger partial charge on any atom is -0.390 e. The molecule has 12 heavy (non-hydrogen) atoms. The van der Waals surface area contributed by atoms with E-state index in [9.17, 15) is 8.78 Å². The average molecular weight is 174 g/mol. The van der Waals surface area contributed by atoms with Crippen LogP contribution in [0, 0.1) is 6.92 Å². The van der Waals surface area contributed by atoms with Crippen molar-refractivity contribution >= 4 is 0 Å². The van der Waals surface area contributed by atoms with Crippen LogP contribution in [0.5, 0.6) is 0 Å². The molecule has 0 fully saturated rings. The van der Waals surface area contributed by atoms with Gasteiger partial charge in [-0.3, -0.25) is 9.97 Å². The number of rotatable bonds is 2. The molecule has 0 atom stereocenters. The Morgan fingerprint density at radius 1 is 1.42 bits per heavy atom. The van der Waals surface area contributed by atoms with Gasteiger partial charge < -0.3 is 5.11 Å². The monoisotopic (exact) mass is 174 g/mol. The molecule has 0 saturated carbocycles.